The van der Waals surface area contributed by atoms with Crippen LogP contribution in [0.15, 0.2) is 0 Å². The van der Waals surface area contributed by atoms with Crippen molar-refractivity contribution in [2.45, 2.75) is 39.5 Å². The zero-order valence-electron chi connectivity index (χ0n) is 6.64. The van der Waals surface area contributed by atoms with E-state index < -0.39 is 0 Å². The third-order valence-electron chi connectivity index (χ3n) is 2.31. The normalized spacial score (nSPS) is 24.4. The molecule has 0 N–H and O–H groups in total. The highest BCUT2D eigenvalue weighted by molar-refractivity contribution is 7.66. The van der Waals surface area contributed by atoms with Crippen molar-refractivity contribution in [3.05, 3.63) is 0 Å². The maximum atomic E-state index is 10.6. The van der Waals surface area contributed by atoms with Gasteiger partial charge in [0.05, 0.1) is 11.3 Å². The van der Waals surface area contributed by atoms with Crippen LogP contribution in [0.3, 0.4) is 0 Å². The van der Waals surface area contributed by atoms with Gasteiger partial charge in [-0.2, -0.15) is 0 Å². The van der Waals surface area contributed by atoms with Crippen LogP contribution in [0.4, 0.5) is 0 Å². The highest BCUT2D eigenvalue weighted by atomic mass is 32.1. The minimum Gasteiger partial charge on any atom is -0.212 e. The van der Waals surface area contributed by atoms with Gasteiger partial charge in [0.25, 0.3) is 0 Å². The third-order valence-corrected chi connectivity index (χ3v) is 3.27. The van der Waals surface area contributed by atoms with E-state index in [1.807, 2.05) is 0 Å². The van der Waals surface area contributed by atoms with E-state index in [0.29, 0.717) is 0 Å². The van der Waals surface area contributed by atoms with Gasteiger partial charge in [0.15, 0.2) is 0 Å². The Bertz CT molecular complexity index is 178. The molecule has 0 aromatic carbocycles. The average Bonchev–Trinajstić information content (AvgIpc) is 1.87. The van der Waals surface area contributed by atoms with Gasteiger partial charge >= 0.3 is 0 Å². The molecule has 1 nitrogen and oxygen atoms in total. The first kappa shape index (κ1) is 7.99. The van der Waals surface area contributed by atoms with Crippen LogP contribution in [-0.2, 0) is 11.3 Å². The van der Waals surface area contributed by atoms with Gasteiger partial charge in [0.1, 0.15) is 0 Å². The summed E-state index contributed by atoms with van der Waals surface area (Å²) >= 11 is 0.719. The summed E-state index contributed by atoms with van der Waals surface area (Å²) < 4.78 is 10.6. The summed E-state index contributed by atoms with van der Waals surface area (Å²) in [6, 6.07) is 0. The first-order chi connectivity index (χ1) is 4.67. The standard InChI is InChI=1S/C8H14OS/c1-8(2)6-4-3-5-7(8)10-9/h3-6H2,1-2H3. The molecule has 0 spiro atoms. The van der Waals surface area contributed by atoms with Gasteiger partial charge in [0.2, 0.25) is 0 Å². The predicted molar refractivity (Wildman–Crippen MR) is 45.4 cm³/mol. The second-order valence-corrected chi connectivity index (χ2v) is 4.26. The van der Waals surface area contributed by atoms with E-state index in [4.69, 9.17) is 0 Å². The van der Waals surface area contributed by atoms with Crippen LogP contribution in [0.25, 0.3) is 0 Å². The fraction of sp³-hybridized carbons (Fsp3) is 0.875. The van der Waals surface area contributed by atoms with Crippen molar-refractivity contribution in [2.75, 3.05) is 0 Å². The van der Waals surface area contributed by atoms with Crippen LogP contribution < -0.4 is 0 Å². The zero-order valence-corrected chi connectivity index (χ0v) is 7.46. The molecule has 1 aliphatic carbocycles. The van der Waals surface area contributed by atoms with E-state index >= 15 is 0 Å². The summed E-state index contributed by atoms with van der Waals surface area (Å²) in [4.78, 5) is 1.15. The average molecular weight is 158 g/mol. The summed E-state index contributed by atoms with van der Waals surface area (Å²) in [5.74, 6) is 0. The highest BCUT2D eigenvalue weighted by Crippen LogP contribution is 2.31. The zero-order chi connectivity index (χ0) is 7.61. The van der Waals surface area contributed by atoms with Crippen molar-refractivity contribution < 1.29 is 4.21 Å². The Labute approximate surface area is 65.9 Å². The van der Waals surface area contributed by atoms with Gasteiger partial charge in [-0.15, -0.1) is 0 Å². The molecule has 0 bridgehead atoms. The van der Waals surface area contributed by atoms with E-state index in [-0.39, 0.29) is 5.41 Å². The Kier molecular flexibility index (Phi) is 2.29. The molecule has 0 amide bonds. The second kappa shape index (κ2) is 2.87. The van der Waals surface area contributed by atoms with Crippen LogP contribution in [0.2, 0.25) is 0 Å². The lowest BCUT2D eigenvalue weighted by Gasteiger charge is -2.29. The van der Waals surface area contributed by atoms with Crippen LogP contribution in [0.1, 0.15) is 39.5 Å². The molecule has 1 rings (SSSR count). The van der Waals surface area contributed by atoms with E-state index in [9.17, 15) is 4.21 Å². The lowest BCUT2D eigenvalue weighted by molar-refractivity contribution is 0.418. The number of hydrogen-bond acceptors (Lipinski definition) is 1. The monoisotopic (exact) mass is 158 g/mol. The molecule has 0 atom stereocenters. The predicted octanol–water partition coefficient (Wildman–Crippen LogP) is 1.97. The van der Waals surface area contributed by atoms with Gasteiger partial charge in [-0.05, 0) is 24.7 Å². The van der Waals surface area contributed by atoms with Crippen molar-refractivity contribution in [2.24, 2.45) is 5.41 Å². The quantitative estimate of drug-likeness (QED) is 0.493. The fourth-order valence-electron chi connectivity index (χ4n) is 1.48. The molecule has 2 heteroatoms. The van der Waals surface area contributed by atoms with Gasteiger partial charge in [-0.1, -0.05) is 20.3 Å². The molecule has 1 fully saturated rings. The van der Waals surface area contributed by atoms with Crippen molar-refractivity contribution in [3.63, 3.8) is 0 Å². The summed E-state index contributed by atoms with van der Waals surface area (Å²) in [6.07, 6.45) is 4.74. The maximum Gasteiger partial charge on any atom is 0.0881 e. The van der Waals surface area contributed by atoms with Gasteiger partial charge in [0, 0.05) is 4.86 Å². The minimum absolute atomic E-state index is 0.213. The number of hydrogen-bond donors (Lipinski definition) is 0. The Morgan fingerprint density at radius 2 is 2.10 bits per heavy atom. The third kappa shape index (κ3) is 1.48. The molecule has 0 unspecified atom stereocenters. The highest BCUT2D eigenvalue weighted by Gasteiger charge is 2.27. The SMILES string of the molecule is CC1(C)CCCCC1=S=O. The molecule has 1 aliphatic rings. The van der Waals surface area contributed by atoms with Crippen molar-refractivity contribution in [1.82, 2.24) is 0 Å². The molecule has 58 valence electrons. The molecule has 0 aromatic rings. The molecule has 0 saturated heterocycles. The lowest BCUT2D eigenvalue weighted by atomic mass is 9.77. The van der Waals surface area contributed by atoms with E-state index in [2.05, 4.69) is 13.8 Å². The van der Waals surface area contributed by atoms with Gasteiger partial charge in [-0.3, -0.25) is 0 Å². The van der Waals surface area contributed by atoms with Crippen LogP contribution in [0, 0.1) is 5.41 Å². The van der Waals surface area contributed by atoms with Crippen LogP contribution in [0.5, 0.6) is 0 Å². The second-order valence-electron chi connectivity index (χ2n) is 3.60. The summed E-state index contributed by atoms with van der Waals surface area (Å²) in [5.41, 5.74) is 0.213. The smallest absolute Gasteiger partial charge is 0.0881 e. The van der Waals surface area contributed by atoms with E-state index in [1.54, 1.807) is 0 Å². The van der Waals surface area contributed by atoms with Crippen LogP contribution in [-0.4, -0.2) is 9.07 Å². The Balaban J connectivity index is 2.79. The van der Waals surface area contributed by atoms with Crippen molar-refractivity contribution >= 4 is 16.1 Å². The fourth-order valence-corrected chi connectivity index (χ4v) is 2.04. The molecule has 10 heavy (non-hydrogen) atoms. The maximum absolute atomic E-state index is 10.6. The van der Waals surface area contributed by atoms with Crippen molar-refractivity contribution in [3.8, 4) is 0 Å². The molecule has 0 heterocycles. The van der Waals surface area contributed by atoms with Gasteiger partial charge < -0.3 is 0 Å². The summed E-state index contributed by atoms with van der Waals surface area (Å²) in [6.45, 7) is 4.35. The molecule has 0 aromatic heterocycles. The molecular weight excluding hydrogens is 144 g/mol. The van der Waals surface area contributed by atoms with Crippen LogP contribution >= 0.6 is 0 Å². The molecule has 0 radical (unpaired) electrons. The minimum atomic E-state index is 0.213. The Morgan fingerprint density at radius 1 is 1.40 bits per heavy atom. The topological polar surface area (TPSA) is 17.1 Å². The largest absolute Gasteiger partial charge is 0.212 e. The van der Waals surface area contributed by atoms with E-state index in [1.165, 1.54) is 19.3 Å². The Hall–Kier alpha value is -0.110. The first-order valence-corrected chi connectivity index (χ1v) is 4.57. The first-order valence-electron chi connectivity index (χ1n) is 3.83. The lowest BCUT2D eigenvalue weighted by Crippen LogP contribution is -2.27. The van der Waals surface area contributed by atoms with Crippen molar-refractivity contribution in [1.29, 1.82) is 0 Å². The van der Waals surface area contributed by atoms with Gasteiger partial charge in [-0.25, -0.2) is 4.21 Å². The van der Waals surface area contributed by atoms with E-state index in [0.717, 1.165) is 22.5 Å². The molecule has 0 aliphatic heterocycles. The summed E-state index contributed by atoms with van der Waals surface area (Å²) in [5, 5.41) is 0. The molecule has 1 saturated carbocycles. The molecular formula is C8H14OS. The Morgan fingerprint density at radius 3 is 2.50 bits per heavy atom. The summed E-state index contributed by atoms with van der Waals surface area (Å²) in [7, 11) is 0. The number of rotatable bonds is 0.